The molecule has 0 aliphatic rings. The number of allylic oxidation sites excluding steroid dienone is 12. The van der Waals surface area contributed by atoms with Crippen LogP contribution < -0.4 is 5.73 Å². The summed E-state index contributed by atoms with van der Waals surface area (Å²) in [5, 5.41) is 8.88. The first-order valence-corrected chi connectivity index (χ1v) is 21.5. The van der Waals surface area contributed by atoms with Crippen molar-refractivity contribution in [2.45, 2.75) is 154 Å². The van der Waals surface area contributed by atoms with Crippen molar-refractivity contribution in [3.63, 3.8) is 0 Å². The van der Waals surface area contributed by atoms with Gasteiger partial charge in [-0.15, -0.1) is 0 Å². The normalized spacial score (nSPS) is 14.8. The van der Waals surface area contributed by atoms with Gasteiger partial charge in [0.1, 0.15) is 12.1 Å². The highest BCUT2D eigenvalue weighted by Crippen LogP contribution is 2.43. The van der Waals surface area contributed by atoms with Crippen LogP contribution in [0.2, 0.25) is 0 Å². The molecule has 0 saturated carbocycles. The first-order valence-electron chi connectivity index (χ1n) is 20.0. The van der Waals surface area contributed by atoms with Gasteiger partial charge in [-0.25, -0.2) is 4.57 Å². The molecule has 4 N–H and O–H groups in total. The lowest BCUT2D eigenvalue weighted by Crippen LogP contribution is -2.34. The topological polar surface area (TPSA) is 155 Å². The lowest BCUT2D eigenvalue weighted by molar-refractivity contribution is -0.154. The average molecular weight is 766 g/mol. The van der Waals surface area contributed by atoms with Crippen molar-refractivity contribution in [2.75, 3.05) is 26.4 Å². The van der Waals surface area contributed by atoms with E-state index in [0.717, 1.165) is 70.6 Å². The quantitative estimate of drug-likeness (QED) is 0.0241. The number of carbonyl (C=O) groups is 2. The SMILES string of the molecule is CC/C=C\C/C=C\C/C=C\C/C=C\CCCCC(=O)OC(COCCCCCCCC/C=C\C/C=C\CCCCC)COP(=O)(O)OCC(N)C(=O)O. The molecule has 0 saturated heterocycles. The molecule has 3 unspecified atom stereocenters. The second-order valence-corrected chi connectivity index (χ2v) is 14.5. The molecule has 0 aromatic rings. The van der Waals surface area contributed by atoms with E-state index in [2.05, 4.69) is 91.3 Å². The number of phosphoric ester groups is 1. The number of ether oxygens (including phenoxy) is 2. The Morgan fingerprint density at radius 1 is 0.623 bits per heavy atom. The number of nitrogens with two attached hydrogens (primary N) is 1. The van der Waals surface area contributed by atoms with Crippen LogP contribution in [-0.4, -0.2) is 60.5 Å². The van der Waals surface area contributed by atoms with Gasteiger partial charge in [0.05, 0.1) is 19.8 Å². The average Bonchev–Trinajstić information content (AvgIpc) is 3.13. The van der Waals surface area contributed by atoms with E-state index < -0.39 is 45.1 Å². The Morgan fingerprint density at radius 3 is 1.64 bits per heavy atom. The second kappa shape index (κ2) is 37.7. The summed E-state index contributed by atoms with van der Waals surface area (Å²) in [5.41, 5.74) is 5.34. The molecule has 3 atom stereocenters. The van der Waals surface area contributed by atoms with Gasteiger partial charge in [-0.1, -0.05) is 125 Å². The van der Waals surface area contributed by atoms with Crippen LogP contribution in [-0.2, 0) is 32.7 Å². The highest BCUT2D eigenvalue weighted by molar-refractivity contribution is 7.47. The van der Waals surface area contributed by atoms with E-state index in [1.54, 1.807) is 0 Å². The van der Waals surface area contributed by atoms with Crippen molar-refractivity contribution in [1.82, 2.24) is 0 Å². The van der Waals surface area contributed by atoms with Gasteiger partial charge in [-0.2, -0.15) is 0 Å². The fourth-order valence-electron chi connectivity index (χ4n) is 4.86. The Balaban J connectivity index is 4.40. The van der Waals surface area contributed by atoms with Crippen molar-refractivity contribution in [1.29, 1.82) is 0 Å². The Bertz CT molecular complexity index is 1120. The fourth-order valence-corrected chi connectivity index (χ4v) is 5.64. The summed E-state index contributed by atoms with van der Waals surface area (Å²) in [6, 6.07) is -1.48. The molecule has 0 aromatic carbocycles. The molecule has 304 valence electrons. The summed E-state index contributed by atoms with van der Waals surface area (Å²) in [4.78, 5) is 33.4. The molecule has 10 nitrogen and oxygen atoms in total. The smallest absolute Gasteiger partial charge is 0.472 e. The summed E-state index contributed by atoms with van der Waals surface area (Å²) in [5.74, 6) is -1.83. The summed E-state index contributed by atoms with van der Waals surface area (Å²) in [6.45, 7) is 3.63. The van der Waals surface area contributed by atoms with E-state index >= 15 is 0 Å². The first-order chi connectivity index (χ1) is 25.7. The standard InChI is InChI=1S/C42H72NO9P/c1-3-5-7-9-11-13-15-17-19-21-23-25-27-29-31-33-35-49-36-39(37-50-53(47,48)51-38-40(43)42(45)46)52-41(44)34-32-30-28-26-24-22-20-18-16-14-12-10-8-6-4-2/h6,8,11-14,17-20,24,26,39-40H,3-5,7,9-10,15-16,21-23,25,27-38,43H2,1-2H3,(H,45,46)(H,47,48)/b8-6-,13-11-,14-12-,19-17-,20-18-,26-24-. The number of carbonyl (C=O) groups excluding carboxylic acids is 1. The van der Waals surface area contributed by atoms with Gasteiger partial charge >= 0.3 is 19.8 Å². The maximum absolute atomic E-state index is 12.6. The van der Waals surface area contributed by atoms with Crippen molar-refractivity contribution < 1.29 is 42.7 Å². The lowest BCUT2D eigenvalue weighted by atomic mass is 10.1. The van der Waals surface area contributed by atoms with Crippen LogP contribution in [0.5, 0.6) is 0 Å². The van der Waals surface area contributed by atoms with E-state index in [9.17, 15) is 19.0 Å². The summed E-state index contributed by atoms with van der Waals surface area (Å²) in [6.07, 6.45) is 45.3. The lowest BCUT2D eigenvalue weighted by Gasteiger charge is -2.20. The number of carboxylic acids is 1. The zero-order valence-electron chi connectivity index (χ0n) is 32.8. The van der Waals surface area contributed by atoms with Crippen LogP contribution in [0, 0.1) is 0 Å². The molecule has 0 amide bonds. The number of carboxylic acid groups (broad SMARTS) is 1. The molecule has 53 heavy (non-hydrogen) atoms. The second-order valence-electron chi connectivity index (χ2n) is 13.0. The number of hydrogen-bond acceptors (Lipinski definition) is 8. The Morgan fingerprint density at radius 2 is 1.09 bits per heavy atom. The molecular weight excluding hydrogens is 693 g/mol. The minimum atomic E-state index is -4.63. The summed E-state index contributed by atoms with van der Waals surface area (Å²) >= 11 is 0. The van der Waals surface area contributed by atoms with Gasteiger partial charge in [-0.05, 0) is 83.5 Å². The van der Waals surface area contributed by atoms with Crippen LogP contribution in [0.4, 0.5) is 0 Å². The maximum Gasteiger partial charge on any atom is 0.472 e. The highest BCUT2D eigenvalue weighted by atomic mass is 31.2. The van der Waals surface area contributed by atoms with Gasteiger partial charge < -0.3 is 25.2 Å². The van der Waals surface area contributed by atoms with Crippen molar-refractivity contribution >= 4 is 19.8 Å². The van der Waals surface area contributed by atoms with Crippen molar-refractivity contribution in [3.8, 4) is 0 Å². The Hall–Kier alpha value is -2.59. The number of aliphatic carboxylic acids is 1. The number of esters is 1. The molecule has 0 bridgehead atoms. The first kappa shape index (κ1) is 50.4. The third kappa shape index (κ3) is 37.5. The minimum Gasteiger partial charge on any atom is -0.480 e. The predicted octanol–water partition coefficient (Wildman–Crippen LogP) is 10.6. The number of phosphoric acid groups is 1. The van der Waals surface area contributed by atoms with Gasteiger partial charge in [0.2, 0.25) is 0 Å². The van der Waals surface area contributed by atoms with Crippen LogP contribution in [0.25, 0.3) is 0 Å². The Kier molecular flexibility index (Phi) is 35.9. The van der Waals surface area contributed by atoms with Crippen LogP contribution in [0.15, 0.2) is 72.9 Å². The zero-order chi connectivity index (χ0) is 39.1. The third-order valence-electron chi connectivity index (χ3n) is 7.97. The Labute approximate surface area is 321 Å². The van der Waals surface area contributed by atoms with Gasteiger partial charge in [0.15, 0.2) is 0 Å². The molecule has 0 radical (unpaired) electrons. The molecule has 0 heterocycles. The number of hydrogen-bond donors (Lipinski definition) is 3. The van der Waals surface area contributed by atoms with Crippen molar-refractivity contribution in [2.24, 2.45) is 5.73 Å². The van der Waals surface area contributed by atoms with Gasteiger partial charge in [0.25, 0.3) is 0 Å². The predicted molar refractivity (Wildman–Crippen MR) is 217 cm³/mol. The van der Waals surface area contributed by atoms with E-state index in [0.29, 0.717) is 13.0 Å². The van der Waals surface area contributed by atoms with Gasteiger partial charge in [0, 0.05) is 13.0 Å². The number of rotatable bonds is 37. The molecule has 0 rings (SSSR count). The summed E-state index contributed by atoms with van der Waals surface area (Å²) < 4.78 is 33.2. The van der Waals surface area contributed by atoms with Crippen LogP contribution in [0.1, 0.15) is 142 Å². The molecule has 0 aliphatic heterocycles. The zero-order valence-corrected chi connectivity index (χ0v) is 33.7. The summed E-state index contributed by atoms with van der Waals surface area (Å²) in [7, 11) is -4.63. The monoisotopic (exact) mass is 765 g/mol. The van der Waals surface area contributed by atoms with E-state index in [1.807, 2.05) is 0 Å². The molecule has 0 spiro atoms. The number of unbranched alkanes of at least 4 members (excludes halogenated alkanes) is 11. The van der Waals surface area contributed by atoms with E-state index in [-0.39, 0.29) is 13.0 Å². The molecule has 0 fully saturated rings. The molecule has 0 aliphatic carbocycles. The van der Waals surface area contributed by atoms with Crippen LogP contribution in [0.3, 0.4) is 0 Å². The minimum absolute atomic E-state index is 0.0113. The van der Waals surface area contributed by atoms with Crippen LogP contribution >= 0.6 is 7.82 Å². The van der Waals surface area contributed by atoms with Crippen molar-refractivity contribution in [3.05, 3.63) is 72.9 Å². The van der Waals surface area contributed by atoms with E-state index in [4.69, 9.17) is 24.8 Å². The van der Waals surface area contributed by atoms with Gasteiger partial charge in [-0.3, -0.25) is 18.6 Å². The molecular formula is C42H72NO9P. The molecule has 11 heteroatoms. The maximum atomic E-state index is 12.6. The van der Waals surface area contributed by atoms with E-state index in [1.165, 1.54) is 44.9 Å². The molecule has 0 aromatic heterocycles. The fraction of sp³-hybridized carbons (Fsp3) is 0.667. The largest absolute Gasteiger partial charge is 0.480 e. The third-order valence-corrected chi connectivity index (χ3v) is 8.92. The highest BCUT2D eigenvalue weighted by Gasteiger charge is 2.27.